The molecule has 1 saturated heterocycles. The Morgan fingerprint density at radius 1 is 0.897 bits per heavy atom. The summed E-state index contributed by atoms with van der Waals surface area (Å²) in [5.41, 5.74) is 8.30. The van der Waals surface area contributed by atoms with E-state index in [1.807, 2.05) is 42.5 Å². The van der Waals surface area contributed by atoms with Crippen LogP contribution >= 0.6 is 0 Å². The fourth-order valence-corrected chi connectivity index (χ4v) is 4.04. The van der Waals surface area contributed by atoms with Crippen LogP contribution < -0.4 is 11.1 Å². The number of aliphatic imine (C=N–C) groups is 1. The third-order valence-corrected chi connectivity index (χ3v) is 6.13. The standard InChI is InChI=1S/C28H25F3N4O4/c29-28(30,31)27(38)34-24(32)20-8-10-21(11-9-20)25(36)33-16-23-17-39-15-14-35(23)26(37)22-12-6-19(7-13-22)18-4-2-1-3-5-18/h1-13,23H,14-17H2,(H,33,36)(H2,32,34,38). The monoisotopic (exact) mass is 538 g/mol. The van der Waals surface area contributed by atoms with Gasteiger partial charge in [-0.15, -0.1) is 0 Å². The fourth-order valence-electron chi connectivity index (χ4n) is 4.04. The first-order valence-electron chi connectivity index (χ1n) is 12.0. The van der Waals surface area contributed by atoms with Gasteiger partial charge in [-0.05, 0) is 35.4 Å². The van der Waals surface area contributed by atoms with Crippen LogP contribution in [0.1, 0.15) is 26.3 Å². The quantitative estimate of drug-likeness (QED) is 0.369. The summed E-state index contributed by atoms with van der Waals surface area (Å²) in [6.45, 7) is 1.11. The van der Waals surface area contributed by atoms with Gasteiger partial charge in [0.05, 0.1) is 19.3 Å². The summed E-state index contributed by atoms with van der Waals surface area (Å²) in [5.74, 6) is -3.57. The zero-order valence-electron chi connectivity index (χ0n) is 20.6. The van der Waals surface area contributed by atoms with Crippen molar-refractivity contribution in [1.82, 2.24) is 10.2 Å². The summed E-state index contributed by atoms with van der Waals surface area (Å²) in [6.07, 6.45) is -5.13. The van der Waals surface area contributed by atoms with Gasteiger partial charge in [0.2, 0.25) is 0 Å². The van der Waals surface area contributed by atoms with Crippen molar-refractivity contribution in [2.45, 2.75) is 12.2 Å². The zero-order valence-corrected chi connectivity index (χ0v) is 20.6. The smallest absolute Gasteiger partial charge is 0.383 e. The average Bonchev–Trinajstić information content (AvgIpc) is 2.95. The molecule has 0 saturated carbocycles. The van der Waals surface area contributed by atoms with Crippen LogP contribution in [0.25, 0.3) is 11.1 Å². The average molecular weight is 539 g/mol. The molecule has 39 heavy (non-hydrogen) atoms. The Hall–Kier alpha value is -4.51. The van der Waals surface area contributed by atoms with Crippen LogP contribution in [-0.2, 0) is 9.53 Å². The van der Waals surface area contributed by atoms with Crippen molar-refractivity contribution in [3.05, 3.63) is 95.6 Å². The first kappa shape index (κ1) is 27.5. The number of carbonyl (C=O) groups excluding carboxylic acids is 3. The van der Waals surface area contributed by atoms with Gasteiger partial charge in [0.15, 0.2) is 0 Å². The first-order valence-corrected chi connectivity index (χ1v) is 12.0. The van der Waals surface area contributed by atoms with Gasteiger partial charge < -0.3 is 20.7 Å². The molecular formula is C28H25F3N4O4. The second-order valence-corrected chi connectivity index (χ2v) is 8.76. The molecule has 4 rings (SSSR count). The maximum atomic E-state index is 13.3. The largest absolute Gasteiger partial charge is 0.473 e. The second kappa shape index (κ2) is 11.9. The molecule has 1 aliphatic heterocycles. The Kier molecular flexibility index (Phi) is 8.40. The Morgan fingerprint density at radius 2 is 1.49 bits per heavy atom. The lowest BCUT2D eigenvalue weighted by molar-refractivity contribution is -0.169. The van der Waals surface area contributed by atoms with E-state index in [0.717, 1.165) is 11.1 Å². The van der Waals surface area contributed by atoms with Crippen molar-refractivity contribution in [1.29, 1.82) is 0 Å². The van der Waals surface area contributed by atoms with Crippen LogP contribution in [0.2, 0.25) is 0 Å². The Labute approximate surface area is 222 Å². The van der Waals surface area contributed by atoms with Crippen molar-refractivity contribution in [3.8, 4) is 11.1 Å². The molecule has 1 unspecified atom stereocenters. The normalized spacial score (nSPS) is 16.0. The third kappa shape index (κ3) is 6.88. The number of carbonyl (C=O) groups is 3. The SMILES string of the molecule is NC(=NC(=O)C(F)(F)F)c1ccc(C(=O)NCC2COCCN2C(=O)c2ccc(-c3ccccc3)cc2)cc1. The van der Waals surface area contributed by atoms with E-state index in [0.29, 0.717) is 18.7 Å². The minimum absolute atomic E-state index is 0.0554. The van der Waals surface area contributed by atoms with Crippen molar-refractivity contribution in [3.63, 3.8) is 0 Å². The number of hydrogen-bond donors (Lipinski definition) is 2. The van der Waals surface area contributed by atoms with Gasteiger partial charge in [-0.3, -0.25) is 14.4 Å². The lowest BCUT2D eigenvalue weighted by atomic mass is 10.0. The van der Waals surface area contributed by atoms with E-state index >= 15 is 0 Å². The molecule has 202 valence electrons. The summed E-state index contributed by atoms with van der Waals surface area (Å²) < 4.78 is 42.7. The van der Waals surface area contributed by atoms with Crippen LogP contribution in [0.5, 0.6) is 0 Å². The molecule has 1 heterocycles. The molecule has 11 heteroatoms. The molecular weight excluding hydrogens is 513 g/mol. The van der Waals surface area contributed by atoms with E-state index in [9.17, 15) is 27.6 Å². The summed E-state index contributed by atoms with van der Waals surface area (Å²) in [4.78, 5) is 41.4. The van der Waals surface area contributed by atoms with Gasteiger partial charge in [-0.1, -0.05) is 54.6 Å². The molecule has 0 radical (unpaired) electrons. The van der Waals surface area contributed by atoms with Gasteiger partial charge >= 0.3 is 12.1 Å². The third-order valence-electron chi connectivity index (χ3n) is 6.13. The van der Waals surface area contributed by atoms with E-state index in [-0.39, 0.29) is 30.2 Å². The number of rotatable bonds is 6. The Balaban J connectivity index is 1.38. The van der Waals surface area contributed by atoms with E-state index in [1.165, 1.54) is 24.3 Å². The Bertz CT molecular complexity index is 1360. The van der Waals surface area contributed by atoms with Crippen molar-refractivity contribution < 1.29 is 32.3 Å². The predicted molar refractivity (Wildman–Crippen MR) is 138 cm³/mol. The van der Waals surface area contributed by atoms with Gasteiger partial charge in [-0.25, -0.2) is 0 Å². The molecule has 0 aromatic heterocycles. The highest BCUT2D eigenvalue weighted by Crippen LogP contribution is 2.21. The number of amidine groups is 1. The Morgan fingerprint density at radius 3 is 2.13 bits per heavy atom. The first-order chi connectivity index (χ1) is 18.6. The summed E-state index contributed by atoms with van der Waals surface area (Å²) >= 11 is 0. The minimum atomic E-state index is -5.13. The number of nitrogens with zero attached hydrogens (tertiary/aromatic N) is 2. The number of halogens is 3. The maximum absolute atomic E-state index is 13.3. The number of hydrogen-bond acceptors (Lipinski definition) is 4. The summed E-state index contributed by atoms with van der Waals surface area (Å²) in [5, 5.41) is 2.76. The van der Waals surface area contributed by atoms with Crippen molar-refractivity contribution in [2.24, 2.45) is 10.7 Å². The molecule has 0 spiro atoms. The predicted octanol–water partition coefficient (Wildman–Crippen LogP) is 3.42. The van der Waals surface area contributed by atoms with Gasteiger partial charge in [0.1, 0.15) is 5.84 Å². The molecule has 1 fully saturated rings. The lowest BCUT2D eigenvalue weighted by Crippen LogP contribution is -2.53. The van der Waals surface area contributed by atoms with Crippen LogP contribution in [-0.4, -0.2) is 67.0 Å². The highest BCUT2D eigenvalue weighted by molar-refractivity contribution is 6.05. The van der Waals surface area contributed by atoms with Crippen LogP contribution in [0.4, 0.5) is 13.2 Å². The number of benzene rings is 3. The highest BCUT2D eigenvalue weighted by atomic mass is 19.4. The van der Waals surface area contributed by atoms with E-state index < -0.39 is 29.9 Å². The van der Waals surface area contributed by atoms with Crippen molar-refractivity contribution >= 4 is 23.6 Å². The minimum Gasteiger partial charge on any atom is -0.383 e. The van der Waals surface area contributed by atoms with Crippen molar-refractivity contribution in [2.75, 3.05) is 26.3 Å². The number of alkyl halides is 3. The van der Waals surface area contributed by atoms with E-state index in [4.69, 9.17) is 10.5 Å². The molecule has 3 N–H and O–H groups in total. The fraction of sp³-hybridized carbons (Fsp3) is 0.214. The van der Waals surface area contributed by atoms with Gasteiger partial charge in [-0.2, -0.15) is 18.2 Å². The van der Waals surface area contributed by atoms with Gasteiger partial charge in [0, 0.05) is 29.8 Å². The number of morpholine rings is 1. The topological polar surface area (TPSA) is 114 Å². The van der Waals surface area contributed by atoms with E-state index in [2.05, 4.69) is 10.3 Å². The number of amides is 3. The number of ether oxygens (including phenoxy) is 1. The molecule has 3 aromatic carbocycles. The molecule has 1 aliphatic rings. The molecule has 0 aliphatic carbocycles. The van der Waals surface area contributed by atoms with E-state index in [1.54, 1.807) is 17.0 Å². The van der Waals surface area contributed by atoms with Crippen LogP contribution in [0.3, 0.4) is 0 Å². The molecule has 8 nitrogen and oxygen atoms in total. The molecule has 0 bridgehead atoms. The maximum Gasteiger partial charge on any atom is 0.473 e. The summed E-state index contributed by atoms with van der Waals surface area (Å²) in [6, 6.07) is 22.0. The van der Waals surface area contributed by atoms with Crippen LogP contribution in [0, 0.1) is 0 Å². The van der Waals surface area contributed by atoms with Crippen LogP contribution in [0.15, 0.2) is 83.9 Å². The highest BCUT2D eigenvalue weighted by Gasteiger charge is 2.38. The number of nitrogens with two attached hydrogens (primary N) is 1. The molecule has 3 aromatic rings. The lowest BCUT2D eigenvalue weighted by Gasteiger charge is -2.35. The van der Waals surface area contributed by atoms with Gasteiger partial charge in [0.25, 0.3) is 11.8 Å². The molecule has 1 atom stereocenters. The molecule has 3 amide bonds. The summed E-state index contributed by atoms with van der Waals surface area (Å²) in [7, 11) is 0. The second-order valence-electron chi connectivity index (χ2n) is 8.76. The zero-order chi connectivity index (χ0) is 28.0. The number of nitrogens with one attached hydrogen (secondary N) is 1.